The van der Waals surface area contributed by atoms with Crippen LogP contribution in [0.3, 0.4) is 0 Å². The molecule has 6 nitrogen and oxygen atoms in total. The van der Waals surface area contributed by atoms with Crippen LogP contribution in [0, 0.1) is 0 Å². The van der Waals surface area contributed by atoms with Gasteiger partial charge in [0, 0.05) is 0 Å². The first kappa shape index (κ1) is 33.6. The van der Waals surface area contributed by atoms with Crippen LogP contribution < -0.4 is 4.89 Å². The van der Waals surface area contributed by atoms with Crippen molar-refractivity contribution in [1.29, 1.82) is 0 Å². The van der Waals surface area contributed by atoms with Crippen molar-refractivity contribution in [2.45, 2.75) is 138 Å². The molecule has 8 heteroatoms. The molecular weight excluding hydrogens is 526 g/mol. The van der Waals surface area contributed by atoms with Gasteiger partial charge in [0.2, 0.25) is 0 Å². The molecule has 35 heavy (non-hydrogen) atoms. The van der Waals surface area contributed by atoms with E-state index in [4.69, 9.17) is 18.5 Å². The molecule has 2 atom stereocenters. The van der Waals surface area contributed by atoms with Crippen molar-refractivity contribution in [2.75, 3.05) is 33.0 Å². The Morgan fingerprint density at radius 2 is 1.34 bits per heavy atom. The van der Waals surface area contributed by atoms with Crippen molar-refractivity contribution in [2.24, 2.45) is 0 Å². The molecule has 1 aliphatic rings. The van der Waals surface area contributed by atoms with Crippen LogP contribution in [-0.4, -0.2) is 52.2 Å². The Morgan fingerprint density at radius 3 is 1.83 bits per heavy atom. The van der Waals surface area contributed by atoms with Gasteiger partial charge >= 0.3 is 136 Å². The quantitative estimate of drug-likeness (QED) is 0.0655. The molecule has 0 amide bonds. The molecule has 1 rings (SSSR count). The van der Waals surface area contributed by atoms with E-state index < -0.39 is 27.0 Å². The number of ether oxygens (including phenoxy) is 2. The van der Waals surface area contributed by atoms with Crippen LogP contribution in [0.25, 0.3) is 0 Å². The van der Waals surface area contributed by atoms with Crippen molar-refractivity contribution in [3.05, 3.63) is 0 Å². The zero-order valence-electron chi connectivity index (χ0n) is 23.4. The van der Waals surface area contributed by atoms with Gasteiger partial charge in [-0.15, -0.1) is 0 Å². The maximum atomic E-state index is 12.1. The minimum atomic E-state index is -4.31. The summed E-state index contributed by atoms with van der Waals surface area (Å²) in [6, 6.07) is 0. The van der Waals surface area contributed by atoms with Crippen LogP contribution in [-0.2, 0) is 23.1 Å². The van der Waals surface area contributed by atoms with E-state index in [0.717, 1.165) is 24.5 Å². The second-order valence-electron chi connectivity index (χ2n) is 11.4. The molecular formula is C27H56AsO6P. The maximum absolute atomic E-state index is 12.1. The average molecular weight is 583 g/mol. The molecule has 0 N–H and O–H groups in total. The number of phosphoric acid groups is 1. The molecule has 0 aromatic carbocycles. The third kappa shape index (κ3) is 19.3. The van der Waals surface area contributed by atoms with E-state index >= 15 is 0 Å². The molecule has 2 unspecified atom stereocenters. The average Bonchev–Trinajstić information content (AvgIpc) is 3.26. The number of rotatable bonds is 24. The van der Waals surface area contributed by atoms with Crippen molar-refractivity contribution < 1.29 is 28.0 Å². The second kappa shape index (κ2) is 19.6. The molecule has 1 fully saturated rings. The first-order chi connectivity index (χ1) is 16.7. The summed E-state index contributed by atoms with van der Waals surface area (Å²) in [5.41, 5.74) is 5.99. The summed E-state index contributed by atoms with van der Waals surface area (Å²) in [6.07, 6.45) is 20.4. The van der Waals surface area contributed by atoms with Crippen LogP contribution in [0.1, 0.15) is 110 Å². The fraction of sp³-hybridized carbons (Fsp3) is 1.00. The molecule has 0 saturated carbocycles. The zero-order chi connectivity index (χ0) is 25.9. The van der Waals surface area contributed by atoms with E-state index in [9.17, 15) is 9.46 Å². The third-order valence-corrected chi connectivity index (χ3v) is 10.8. The van der Waals surface area contributed by atoms with E-state index in [2.05, 4.69) is 24.1 Å². The van der Waals surface area contributed by atoms with E-state index in [0.29, 0.717) is 19.8 Å². The van der Waals surface area contributed by atoms with Gasteiger partial charge in [-0.25, -0.2) is 0 Å². The molecule has 1 saturated heterocycles. The Hall–Kier alpha value is 0.588. The van der Waals surface area contributed by atoms with Crippen LogP contribution in [0.5, 0.6) is 0 Å². The molecule has 0 spiro atoms. The van der Waals surface area contributed by atoms with Crippen LogP contribution in [0.15, 0.2) is 0 Å². The predicted molar refractivity (Wildman–Crippen MR) is 147 cm³/mol. The molecule has 1 aliphatic heterocycles. The van der Waals surface area contributed by atoms with Crippen LogP contribution >= 0.6 is 7.82 Å². The summed E-state index contributed by atoms with van der Waals surface area (Å²) >= 11 is -1.68. The number of hydrogen-bond acceptors (Lipinski definition) is 6. The predicted octanol–water partition coefficient (Wildman–Crippen LogP) is 7.87. The van der Waals surface area contributed by atoms with Gasteiger partial charge in [0.1, 0.15) is 0 Å². The fourth-order valence-electron chi connectivity index (χ4n) is 4.34. The normalized spacial score (nSPS) is 20.4. The molecule has 1 heterocycles. The Labute approximate surface area is 219 Å². The monoisotopic (exact) mass is 582 g/mol. The van der Waals surface area contributed by atoms with Gasteiger partial charge in [-0.05, 0) is 0 Å². The topological polar surface area (TPSA) is 77.1 Å². The Bertz CT molecular complexity index is 548. The standard InChI is InChI=1S/C27H56AsO6P/c1-5-6-7-8-9-10-11-12-13-14-15-16-17-18-22-31-25-27(20-19-23-32-27)26-34-35(29,30)33-24-21-28(2,3)4/h5-26H2,1-4H3. The second-order valence-corrected chi connectivity index (χ2v) is 23.3. The number of phosphoric ester groups is 1. The Morgan fingerprint density at radius 1 is 0.800 bits per heavy atom. The Kier molecular flexibility index (Phi) is 18.9. The molecule has 0 aromatic rings. The van der Waals surface area contributed by atoms with Crippen molar-refractivity contribution in [3.8, 4) is 0 Å². The van der Waals surface area contributed by atoms with Crippen LogP contribution in [0.4, 0.5) is 0 Å². The SMILES string of the molecule is CCCCCCCCCCCCCCCCOCC1(COP(=O)([O-])OCC[As+](C)(C)C)CCCO1. The number of unbranched alkanes of at least 4 members (excludes halogenated alkanes) is 13. The molecule has 0 aliphatic carbocycles. The van der Waals surface area contributed by atoms with Gasteiger partial charge in [-0.1, -0.05) is 84.0 Å². The fourth-order valence-corrected chi connectivity index (χ4v) is 6.78. The summed E-state index contributed by atoms with van der Waals surface area (Å²) in [4.78, 5) is 12.1. The molecule has 210 valence electrons. The first-order valence-corrected chi connectivity index (χ1v) is 22.7. The minimum absolute atomic E-state index is 0.0256. The summed E-state index contributed by atoms with van der Waals surface area (Å²) in [5, 5.41) is 0.817. The van der Waals surface area contributed by atoms with E-state index in [1.54, 1.807) is 0 Å². The zero-order valence-corrected chi connectivity index (χ0v) is 26.2. The third-order valence-electron chi connectivity index (χ3n) is 6.69. The van der Waals surface area contributed by atoms with Gasteiger partial charge in [-0.3, -0.25) is 0 Å². The van der Waals surface area contributed by atoms with Gasteiger partial charge in [0.05, 0.1) is 0 Å². The van der Waals surface area contributed by atoms with Crippen molar-refractivity contribution in [3.63, 3.8) is 0 Å². The molecule has 0 bridgehead atoms. The first-order valence-electron chi connectivity index (χ1n) is 14.3. The molecule has 0 radical (unpaired) electrons. The Balaban J connectivity index is 2.03. The van der Waals surface area contributed by atoms with Crippen LogP contribution in [0.2, 0.25) is 22.3 Å². The summed E-state index contributed by atoms with van der Waals surface area (Å²) in [6.45, 7) is 4.14. The van der Waals surface area contributed by atoms with E-state index in [-0.39, 0.29) is 13.2 Å². The van der Waals surface area contributed by atoms with Gasteiger partial charge < -0.3 is 0 Å². The van der Waals surface area contributed by atoms with Crippen molar-refractivity contribution >= 4 is 21.4 Å². The van der Waals surface area contributed by atoms with Gasteiger partial charge in [-0.2, -0.15) is 0 Å². The summed E-state index contributed by atoms with van der Waals surface area (Å²) in [5.74, 6) is 0. The van der Waals surface area contributed by atoms with Gasteiger partial charge in [0.25, 0.3) is 0 Å². The van der Waals surface area contributed by atoms with E-state index in [1.165, 1.54) is 83.5 Å². The van der Waals surface area contributed by atoms with Crippen molar-refractivity contribution in [1.82, 2.24) is 0 Å². The summed E-state index contributed by atoms with van der Waals surface area (Å²) < 4.78 is 34.2. The van der Waals surface area contributed by atoms with E-state index in [1.807, 2.05) is 0 Å². The van der Waals surface area contributed by atoms with Gasteiger partial charge in [0.15, 0.2) is 0 Å². The molecule has 0 aromatic heterocycles. The summed E-state index contributed by atoms with van der Waals surface area (Å²) in [7, 11) is -4.31. The number of hydrogen-bond donors (Lipinski definition) is 0.